The Hall–Kier alpha value is -0.650. The van der Waals surface area contributed by atoms with Gasteiger partial charge in [0, 0.05) is 32.2 Å². The van der Waals surface area contributed by atoms with Crippen LogP contribution in [0.1, 0.15) is 46.0 Å². The van der Waals surface area contributed by atoms with Gasteiger partial charge in [-0.2, -0.15) is 0 Å². The fourth-order valence-corrected chi connectivity index (χ4v) is 3.99. The number of amides is 1. The van der Waals surface area contributed by atoms with Crippen LogP contribution in [0, 0.1) is 0 Å². The van der Waals surface area contributed by atoms with Crippen molar-refractivity contribution in [3.63, 3.8) is 0 Å². The van der Waals surface area contributed by atoms with Gasteiger partial charge in [0.25, 0.3) is 0 Å². The zero-order valence-corrected chi connectivity index (χ0v) is 15.5. The van der Waals surface area contributed by atoms with E-state index in [1.165, 1.54) is 32.1 Å². The smallest absolute Gasteiger partial charge is 0.239 e. The van der Waals surface area contributed by atoms with Crippen molar-refractivity contribution >= 4 is 5.91 Å². The van der Waals surface area contributed by atoms with E-state index in [-0.39, 0.29) is 12.1 Å². The van der Waals surface area contributed by atoms with E-state index < -0.39 is 0 Å². The largest absolute Gasteiger partial charge is 0.374 e. The average Bonchev–Trinajstić information content (AvgIpc) is 2.55. The van der Waals surface area contributed by atoms with Crippen molar-refractivity contribution in [2.45, 2.75) is 64.1 Å². The number of carbonyl (C=O) groups excluding carboxylic acids is 1. The predicted octanol–water partition coefficient (Wildman–Crippen LogP) is 1.82. The molecule has 0 aromatic rings. The summed E-state index contributed by atoms with van der Waals surface area (Å²) in [5.74, 6) is 0.310. The lowest BCUT2D eigenvalue weighted by molar-refractivity contribution is -0.142. The molecule has 0 N–H and O–H groups in total. The highest BCUT2D eigenvalue weighted by Gasteiger charge is 2.33. The Bertz CT molecular complexity index is 369. The lowest BCUT2D eigenvalue weighted by Gasteiger charge is -2.41. The van der Waals surface area contributed by atoms with Crippen LogP contribution in [-0.2, 0) is 9.53 Å². The first-order valence-corrected chi connectivity index (χ1v) is 9.33. The number of morpholine rings is 1. The second-order valence-corrected chi connectivity index (χ2v) is 7.34. The fourth-order valence-electron chi connectivity index (χ4n) is 3.99. The summed E-state index contributed by atoms with van der Waals surface area (Å²) in [6.07, 6.45) is 6.43. The molecule has 134 valence electrons. The zero-order chi connectivity index (χ0) is 16.8. The van der Waals surface area contributed by atoms with E-state index in [9.17, 15) is 4.79 Å². The molecule has 1 saturated heterocycles. The molecule has 0 aromatic carbocycles. The van der Waals surface area contributed by atoms with Crippen LogP contribution in [0.3, 0.4) is 0 Å². The highest BCUT2D eigenvalue weighted by atomic mass is 16.5. The van der Waals surface area contributed by atoms with Gasteiger partial charge in [-0.05, 0) is 40.8 Å². The third kappa shape index (κ3) is 5.16. The molecule has 2 fully saturated rings. The van der Waals surface area contributed by atoms with Crippen molar-refractivity contribution in [1.82, 2.24) is 14.7 Å². The number of nitrogens with zero attached hydrogens (tertiary/aromatic N) is 3. The molecule has 1 aliphatic heterocycles. The number of hydrogen-bond acceptors (Lipinski definition) is 4. The van der Waals surface area contributed by atoms with Gasteiger partial charge in [-0.15, -0.1) is 0 Å². The molecule has 1 heterocycles. The first-order valence-electron chi connectivity index (χ1n) is 9.33. The molecule has 5 heteroatoms. The zero-order valence-electron chi connectivity index (χ0n) is 15.5. The van der Waals surface area contributed by atoms with Gasteiger partial charge in [-0.3, -0.25) is 9.69 Å². The summed E-state index contributed by atoms with van der Waals surface area (Å²) < 4.78 is 5.84. The van der Waals surface area contributed by atoms with E-state index in [1.54, 1.807) is 0 Å². The second kappa shape index (κ2) is 9.00. The van der Waals surface area contributed by atoms with Crippen LogP contribution in [-0.4, -0.2) is 85.7 Å². The van der Waals surface area contributed by atoms with Crippen molar-refractivity contribution in [1.29, 1.82) is 0 Å². The molecule has 5 nitrogen and oxygen atoms in total. The maximum Gasteiger partial charge on any atom is 0.239 e. The topological polar surface area (TPSA) is 36.0 Å². The predicted molar refractivity (Wildman–Crippen MR) is 93.6 cm³/mol. The van der Waals surface area contributed by atoms with Crippen LogP contribution in [0.25, 0.3) is 0 Å². The summed E-state index contributed by atoms with van der Waals surface area (Å²) in [5.41, 5.74) is 0. The van der Waals surface area contributed by atoms with Crippen LogP contribution in [0.2, 0.25) is 0 Å². The van der Waals surface area contributed by atoms with Crippen molar-refractivity contribution < 1.29 is 9.53 Å². The minimum absolute atomic E-state index is 0.0366. The Morgan fingerprint density at radius 1 is 1.26 bits per heavy atom. The molecule has 1 amide bonds. The molecule has 2 unspecified atom stereocenters. The van der Waals surface area contributed by atoms with Crippen LogP contribution in [0.5, 0.6) is 0 Å². The Morgan fingerprint density at radius 3 is 2.57 bits per heavy atom. The molecule has 2 rings (SSSR count). The lowest BCUT2D eigenvalue weighted by atomic mass is 9.93. The fraction of sp³-hybridized carbons (Fsp3) is 0.944. The van der Waals surface area contributed by atoms with Crippen LogP contribution in [0.4, 0.5) is 0 Å². The van der Waals surface area contributed by atoms with Crippen molar-refractivity contribution in [2.75, 3.05) is 46.9 Å². The monoisotopic (exact) mass is 325 g/mol. The van der Waals surface area contributed by atoms with E-state index in [2.05, 4.69) is 42.6 Å². The van der Waals surface area contributed by atoms with E-state index in [4.69, 9.17) is 4.74 Å². The van der Waals surface area contributed by atoms with Gasteiger partial charge in [0.15, 0.2) is 0 Å². The van der Waals surface area contributed by atoms with Crippen LogP contribution >= 0.6 is 0 Å². The normalized spacial score (nSPS) is 25.5. The third-order valence-electron chi connectivity index (χ3n) is 5.28. The molecule has 2 aliphatic rings. The number of likely N-dealkylation sites (N-methyl/N-ethyl adjacent to an activating group) is 2. The highest BCUT2D eigenvalue weighted by Crippen LogP contribution is 2.24. The lowest BCUT2D eigenvalue weighted by Crippen LogP contribution is -2.56. The number of carbonyl (C=O) groups is 1. The molecular formula is C18H35N3O2. The minimum Gasteiger partial charge on any atom is -0.374 e. The number of hydrogen-bond donors (Lipinski definition) is 0. The standard InChI is InChI=1S/C18H35N3O2/c1-5-21(16-9-7-6-8-10-16)18(22)15(2)20-11-12-23-17(14-20)13-19(3)4/h15-17H,5-14H2,1-4H3. The van der Waals surface area contributed by atoms with Gasteiger partial charge in [0.2, 0.25) is 5.91 Å². The molecule has 0 spiro atoms. The van der Waals surface area contributed by atoms with Crippen molar-refractivity contribution in [2.24, 2.45) is 0 Å². The Morgan fingerprint density at radius 2 is 1.96 bits per heavy atom. The van der Waals surface area contributed by atoms with Crippen molar-refractivity contribution in [3.8, 4) is 0 Å². The first kappa shape index (κ1) is 18.7. The number of rotatable bonds is 6. The Kier molecular flexibility index (Phi) is 7.31. The molecule has 1 saturated carbocycles. The molecule has 2 atom stereocenters. The van der Waals surface area contributed by atoms with Crippen LogP contribution < -0.4 is 0 Å². The van der Waals surface area contributed by atoms with Crippen molar-refractivity contribution in [3.05, 3.63) is 0 Å². The minimum atomic E-state index is -0.0366. The summed E-state index contributed by atoms with van der Waals surface area (Å²) in [6, 6.07) is 0.424. The molecule has 0 radical (unpaired) electrons. The summed E-state index contributed by atoms with van der Waals surface area (Å²) in [5, 5.41) is 0. The molecular weight excluding hydrogens is 290 g/mol. The molecule has 23 heavy (non-hydrogen) atoms. The van der Waals surface area contributed by atoms with Gasteiger partial charge in [-0.1, -0.05) is 19.3 Å². The van der Waals surface area contributed by atoms with Gasteiger partial charge in [-0.25, -0.2) is 0 Å². The molecule has 0 bridgehead atoms. The summed E-state index contributed by atoms with van der Waals surface area (Å²) in [4.78, 5) is 19.6. The second-order valence-electron chi connectivity index (χ2n) is 7.34. The van der Waals surface area contributed by atoms with Gasteiger partial charge in [0.1, 0.15) is 0 Å². The molecule has 1 aliphatic carbocycles. The van der Waals surface area contributed by atoms with E-state index in [1.807, 2.05) is 0 Å². The summed E-state index contributed by atoms with van der Waals surface area (Å²) >= 11 is 0. The summed E-state index contributed by atoms with van der Waals surface area (Å²) in [7, 11) is 4.14. The van der Waals surface area contributed by atoms with Gasteiger partial charge in [0.05, 0.1) is 18.8 Å². The maximum atomic E-state index is 13.0. The Labute approximate surface area is 141 Å². The van der Waals surface area contributed by atoms with E-state index in [0.29, 0.717) is 11.9 Å². The highest BCUT2D eigenvalue weighted by molar-refractivity contribution is 5.81. The number of ether oxygens (including phenoxy) is 1. The van der Waals surface area contributed by atoms with Crippen LogP contribution in [0.15, 0.2) is 0 Å². The van der Waals surface area contributed by atoms with E-state index >= 15 is 0 Å². The Balaban J connectivity index is 1.93. The van der Waals surface area contributed by atoms with Gasteiger partial charge >= 0.3 is 0 Å². The van der Waals surface area contributed by atoms with E-state index in [0.717, 1.165) is 32.8 Å². The first-order chi connectivity index (χ1) is 11.0. The molecule has 0 aromatic heterocycles. The summed E-state index contributed by atoms with van der Waals surface area (Å²) in [6.45, 7) is 8.38. The average molecular weight is 325 g/mol. The SMILES string of the molecule is CCN(C(=O)C(C)N1CCOC(CN(C)C)C1)C1CCCCC1. The maximum absolute atomic E-state index is 13.0. The third-order valence-corrected chi connectivity index (χ3v) is 5.28. The quantitative estimate of drug-likeness (QED) is 0.746. The van der Waals surface area contributed by atoms with Gasteiger partial charge < -0.3 is 14.5 Å².